The highest BCUT2D eigenvalue weighted by Crippen LogP contribution is 2.45. The zero-order chi connectivity index (χ0) is 23.0. The number of likely N-dealkylation sites (tertiary alicyclic amines) is 1. The molecule has 0 aliphatic carbocycles. The highest BCUT2D eigenvalue weighted by molar-refractivity contribution is 5.77. The Labute approximate surface area is 184 Å². The topological polar surface area (TPSA) is 85.3 Å². The first-order valence-electron chi connectivity index (χ1n) is 11.0. The van der Waals surface area contributed by atoms with Crippen LogP contribution in [0.3, 0.4) is 0 Å². The van der Waals surface area contributed by atoms with E-state index in [-0.39, 0.29) is 18.1 Å². The van der Waals surface area contributed by atoms with Gasteiger partial charge in [0.2, 0.25) is 6.79 Å². The maximum absolute atomic E-state index is 13.1. The molecule has 2 aliphatic rings. The molecule has 0 spiro atoms. The van der Waals surface area contributed by atoms with Crippen molar-refractivity contribution in [3.05, 3.63) is 23.8 Å². The van der Waals surface area contributed by atoms with Crippen molar-refractivity contribution in [2.45, 2.75) is 78.4 Å². The van der Waals surface area contributed by atoms with Crippen molar-refractivity contribution in [1.29, 1.82) is 0 Å². The molecule has 0 bridgehead atoms. The Morgan fingerprint density at radius 2 is 1.84 bits per heavy atom. The molecule has 31 heavy (non-hydrogen) atoms. The van der Waals surface area contributed by atoms with E-state index in [1.54, 1.807) is 4.90 Å². The van der Waals surface area contributed by atoms with Gasteiger partial charge in [0.15, 0.2) is 11.5 Å². The summed E-state index contributed by atoms with van der Waals surface area (Å²) >= 11 is 0. The second-order valence-corrected chi connectivity index (χ2v) is 10.4. The van der Waals surface area contributed by atoms with Crippen LogP contribution in [0.5, 0.6) is 11.5 Å². The van der Waals surface area contributed by atoms with E-state index in [9.17, 15) is 14.7 Å². The molecule has 1 fully saturated rings. The van der Waals surface area contributed by atoms with Crippen LogP contribution in [0, 0.1) is 11.3 Å². The summed E-state index contributed by atoms with van der Waals surface area (Å²) < 4.78 is 16.6. The molecule has 1 amide bonds. The lowest BCUT2D eigenvalue weighted by Crippen LogP contribution is -2.44. The third-order valence-corrected chi connectivity index (χ3v) is 6.07. The Balaban J connectivity index is 1.98. The number of nitrogens with zero attached hydrogens (tertiary/aromatic N) is 1. The zero-order valence-electron chi connectivity index (χ0n) is 19.4. The van der Waals surface area contributed by atoms with Gasteiger partial charge in [0, 0.05) is 18.5 Å². The van der Waals surface area contributed by atoms with E-state index in [4.69, 9.17) is 14.2 Å². The SMILES string of the molecule is CCCC(C)(C)CC1C(C(=O)O)C(c2ccc3c(c2)OCO3)CN1C(=O)OC(C)(C)C. The van der Waals surface area contributed by atoms with Crippen LogP contribution in [0.15, 0.2) is 18.2 Å². The van der Waals surface area contributed by atoms with Gasteiger partial charge in [-0.25, -0.2) is 4.79 Å². The number of amides is 1. The average molecular weight is 434 g/mol. The van der Waals surface area contributed by atoms with Crippen LogP contribution in [0.2, 0.25) is 0 Å². The fourth-order valence-electron chi connectivity index (χ4n) is 4.83. The quantitative estimate of drug-likeness (QED) is 0.677. The van der Waals surface area contributed by atoms with E-state index in [2.05, 4.69) is 20.8 Å². The first-order chi connectivity index (χ1) is 14.4. The molecular weight excluding hydrogens is 398 g/mol. The highest BCUT2D eigenvalue weighted by atomic mass is 16.7. The van der Waals surface area contributed by atoms with Gasteiger partial charge in [-0.2, -0.15) is 0 Å². The van der Waals surface area contributed by atoms with E-state index in [0.717, 1.165) is 18.4 Å². The molecule has 3 rings (SSSR count). The van der Waals surface area contributed by atoms with Gasteiger partial charge in [-0.15, -0.1) is 0 Å². The Hall–Kier alpha value is -2.44. The normalized spacial score (nSPS) is 23.2. The Bertz CT molecular complexity index is 828. The van der Waals surface area contributed by atoms with Crippen LogP contribution in [-0.2, 0) is 9.53 Å². The molecular formula is C24H35NO6. The number of aliphatic carboxylic acids is 1. The summed E-state index contributed by atoms with van der Waals surface area (Å²) in [6.45, 7) is 12.3. The van der Waals surface area contributed by atoms with E-state index < -0.39 is 29.6 Å². The number of rotatable bonds is 6. The molecule has 0 aromatic heterocycles. The lowest BCUT2D eigenvalue weighted by atomic mass is 9.76. The van der Waals surface area contributed by atoms with Crippen LogP contribution < -0.4 is 9.47 Å². The van der Waals surface area contributed by atoms with E-state index in [0.29, 0.717) is 24.5 Å². The van der Waals surface area contributed by atoms with Crippen LogP contribution in [0.4, 0.5) is 4.79 Å². The fraction of sp³-hybridized carbons (Fsp3) is 0.667. The maximum atomic E-state index is 13.1. The number of hydrogen-bond acceptors (Lipinski definition) is 5. The predicted octanol–water partition coefficient (Wildman–Crippen LogP) is 5.04. The molecule has 172 valence electrons. The van der Waals surface area contributed by atoms with E-state index in [1.807, 2.05) is 39.0 Å². The van der Waals surface area contributed by atoms with Crippen molar-refractivity contribution in [2.24, 2.45) is 11.3 Å². The number of carboxylic acid groups (broad SMARTS) is 1. The molecule has 7 heteroatoms. The highest BCUT2D eigenvalue weighted by Gasteiger charge is 2.51. The van der Waals surface area contributed by atoms with Gasteiger partial charge in [0.25, 0.3) is 0 Å². The Morgan fingerprint density at radius 3 is 2.45 bits per heavy atom. The van der Waals surface area contributed by atoms with Crippen molar-refractivity contribution in [3.8, 4) is 11.5 Å². The van der Waals surface area contributed by atoms with Gasteiger partial charge in [-0.3, -0.25) is 4.79 Å². The maximum Gasteiger partial charge on any atom is 0.410 e. The molecule has 0 saturated carbocycles. The van der Waals surface area contributed by atoms with Gasteiger partial charge in [-0.1, -0.05) is 33.3 Å². The molecule has 2 heterocycles. The van der Waals surface area contributed by atoms with E-state index >= 15 is 0 Å². The third kappa shape index (κ3) is 5.25. The minimum Gasteiger partial charge on any atom is -0.481 e. The van der Waals surface area contributed by atoms with Crippen molar-refractivity contribution in [2.75, 3.05) is 13.3 Å². The van der Waals surface area contributed by atoms with Crippen molar-refractivity contribution in [1.82, 2.24) is 4.90 Å². The summed E-state index contributed by atoms with van der Waals surface area (Å²) in [5, 5.41) is 10.2. The van der Waals surface area contributed by atoms with Gasteiger partial charge in [-0.05, 0) is 56.7 Å². The lowest BCUT2D eigenvalue weighted by molar-refractivity contribution is -0.143. The number of carbonyl (C=O) groups is 2. The lowest BCUT2D eigenvalue weighted by Gasteiger charge is -2.35. The van der Waals surface area contributed by atoms with Crippen LogP contribution in [0.1, 0.15) is 72.3 Å². The first-order valence-corrected chi connectivity index (χ1v) is 11.0. The average Bonchev–Trinajstić information content (AvgIpc) is 3.23. The first kappa shape index (κ1) is 23.2. The van der Waals surface area contributed by atoms with E-state index in [1.165, 1.54) is 0 Å². The smallest absolute Gasteiger partial charge is 0.410 e. The second kappa shape index (κ2) is 8.60. The predicted molar refractivity (Wildman–Crippen MR) is 116 cm³/mol. The molecule has 1 aromatic carbocycles. The largest absolute Gasteiger partial charge is 0.481 e. The summed E-state index contributed by atoms with van der Waals surface area (Å²) in [5.41, 5.74) is 0.0776. The molecule has 7 nitrogen and oxygen atoms in total. The zero-order valence-corrected chi connectivity index (χ0v) is 19.4. The van der Waals surface area contributed by atoms with Gasteiger partial charge in [0.05, 0.1) is 5.92 Å². The number of fused-ring (bicyclic) bond motifs is 1. The van der Waals surface area contributed by atoms with Gasteiger partial charge in [0.1, 0.15) is 5.60 Å². The number of benzene rings is 1. The molecule has 1 aromatic rings. The molecule has 1 N–H and O–H groups in total. The Morgan fingerprint density at radius 1 is 1.16 bits per heavy atom. The number of ether oxygens (including phenoxy) is 3. The summed E-state index contributed by atoms with van der Waals surface area (Å²) in [7, 11) is 0. The minimum atomic E-state index is -0.897. The second-order valence-electron chi connectivity index (χ2n) is 10.4. The van der Waals surface area contributed by atoms with Crippen LogP contribution in [-0.4, -0.2) is 47.0 Å². The molecule has 0 radical (unpaired) electrons. The minimum absolute atomic E-state index is 0.100. The molecule has 3 atom stereocenters. The van der Waals surface area contributed by atoms with Crippen molar-refractivity contribution in [3.63, 3.8) is 0 Å². The van der Waals surface area contributed by atoms with Crippen LogP contribution in [0.25, 0.3) is 0 Å². The molecule has 1 saturated heterocycles. The van der Waals surface area contributed by atoms with Crippen molar-refractivity contribution < 1.29 is 28.9 Å². The molecule has 2 aliphatic heterocycles. The third-order valence-electron chi connectivity index (χ3n) is 6.07. The Kier molecular flexibility index (Phi) is 6.44. The monoisotopic (exact) mass is 433 g/mol. The number of carbonyl (C=O) groups excluding carboxylic acids is 1. The summed E-state index contributed by atoms with van der Waals surface area (Å²) in [4.78, 5) is 27.2. The number of hydrogen-bond donors (Lipinski definition) is 1. The number of carboxylic acids is 1. The summed E-state index contributed by atoms with van der Waals surface area (Å²) in [5.74, 6) is -0.726. The standard InChI is InChI=1S/C24H35NO6/c1-7-10-24(5,6)12-17-20(21(26)27)16(13-25(17)22(28)31-23(2,3)4)15-8-9-18-19(11-15)30-14-29-18/h8-9,11,16-17,20H,7,10,12-14H2,1-6H3,(H,26,27). The summed E-state index contributed by atoms with van der Waals surface area (Å²) in [6, 6.07) is 5.07. The summed E-state index contributed by atoms with van der Waals surface area (Å²) in [6.07, 6.45) is 2.08. The molecule has 3 unspecified atom stereocenters. The van der Waals surface area contributed by atoms with Crippen LogP contribution >= 0.6 is 0 Å². The fourth-order valence-corrected chi connectivity index (χ4v) is 4.83. The van der Waals surface area contributed by atoms with Gasteiger partial charge >= 0.3 is 12.1 Å². The van der Waals surface area contributed by atoms with Gasteiger partial charge < -0.3 is 24.2 Å². The van der Waals surface area contributed by atoms with Crippen molar-refractivity contribution >= 4 is 12.1 Å².